The highest BCUT2D eigenvalue weighted by atomic mass is 32.1. The van der Waals surface area contributed by atoms with Crippen molar-refractivity contribution in [3.05, 3.63) is 22.4 Å². The van der Waals surface area contributed by atoms with E-state index in [9.17, 15) is 5.11 Å². The van der Waals surface area contributed by atoms with E-state index < -0.39 is 6.10 Å². The molecule has 0 unspecified atom stereocenters. The fraction of sp³-hybridized carbons (Fsp3) is 0.647. The van der Waals surface area contributed by atoms with Crippen molar-refractivity contribution in [3.63, 3.8) is 0 Å². The van der Waals surface area contributed by atoms with Gasteiger partial charge in [-0.15, -0.1) is 11.3 Å². The molecule has 4 fully saturated rings. The monoisotopic (exact) mass is 272 g/mol. The molecule has 1 nitrogen and oxygen atoms in total. The second-order valence-corrected chi connectivity index (χ2v) is 7.86. The quantitative estimate of drug-likeness (QED) is 0.766. The third kappa shape index (κ3) is 2.14. The second-order valence-electron chi connectivity index (χ2n) is 6.89. The minimum absolute atomic E-state index is 0.257. The molecule has 1 atom stereocenters. The summed E-state index contributed by atoms with van der Waals surface area (Å²) in [6.45, 7) is 0. The van der Waals surface area contributed by atoms with Crippen molar-refractivity contribution in [1.29, 1.82) is 0 Å². The third-order valence-corrected chi connectivity index (χ3v) is 6.25. The maximum atomic E-state index is 10.1. The molecule has 0 amide bonds. The molecule has 0 saturated heterocycles. The number of rotatable bonds is 1. The number of thiophene rings is 1. The van der Waals surface area contributed by atoms with Crippen LogP contribution in [0.1, 0.15) is 49.5 Å². The van der Waals surface area contributed by atoms with Gasteiger partial charge < -0.3 is 5.11 Å². The van der Waals surface area contributed by atoms with Crippen LogP contribution in [0.25, 0.3) is 0 Å². The van der Waals surface area contributed by atoms with Crippen LogP contribution in [0, 0.1) is 35.0 Å². The fourth-order valence-electron chi connectivity index (χ4n) is 5.00. The highest BCUT2D eigenvalue weighted by molar-refractivity contribution is 7.10. The van der Waals surface area contributed by atoms with Crippen molar-refractivity contribution < 1.29 is 5.11 Å². The predicted molar refractivity (Wildman–Crippen MR) is 77.7 cm³/mol. The average molecular weight is 272 g/mol. The van der Waals surface area contributed by atoms with Gasteiger partial charge in [0.25, 0.3) is 0 Å². The molecule has 1 aromatic rings. The Kier molecular flexibility index (Phi) is 2.76. The Morgan fingerprint density at radius 3 is 2.32 bits per heavy atom. The van der Waals surface area contributed by atoms with Gasteiger partial charge in [0.1, 0.15) is 6.10 Å². The van der Waals surface area contributed by atoms with Gasteiger partial charge in [-0.05, 0) is 67.7 Å². The highest BCUT2D eigenvalue weighted by Crippen LogP contribution is 2.59. The van der Waals surface area contributed by atoms with Crippen LogP contribution in [-0.2, 0) is 0 Å². The van der Waals surface area contributed by atoms with Crippen molar-refractivity contribution in [1.82, 2.24) is 0 Å². The molecule has 0 spiro atoms. The van der Waals surface area contributed by atoms with Gasteiger partial charge in [0.05, 0.1) is 0 Å². The van der Waals surface area contributed by atoms with Crippen molar-refractivity contribution in [2.45, 2.75) is 44.6 Å². The third-order valence-electron chi connectivity index (χ3n) is 5.32. The van der Waals surface area contributed by atoms with Crippen LogP contribution in [0.15, 0.2) is 17.5 Å². The molecule has 0 aliphatic heterocycles. The van der Waals surface area contributed by atoms with Crippen LogP contribution in [-0.4, -0.2) is 5.11 Å². The SMILES string of the molecule is O[C@@H](C#CC12CC3CC(CC(C3)C1)C2)c1cccs1. The van der Waals surface area contributed by atoms with Gasteiger partial charge in [-0.1, -0.05) is 17.9 Å². The molecule has 0 aromatic carbocycles. The number of aliphatic hydroxyl groups is 1. The second kappa shape index (κ2) is 4.36. The van der Waals surface area contributed by atoms with E-state index in [1.54, 1.807) is 11.3 Å². The summed E-state index contributed by atoms with van der Waals surface area (Å²) >= 11 is 1.60. The van der Waals surface area contributed by atoms with E-state index in [1.165, 1.54) is 38.5 Å². The summed E-state index contributed by atoms with van der Waals surface area (Å²) in [5.41, 5.74) is 0.257. The Labute approximate surface area is 119 Å². The lowest BCUT2D eigenvalue weighted by atomic mass is 9.50. The molecule has 4 aliphatic rings. The van der Waals surface area contributed by atoms with Gasteiger partial charge in [-0.25, -0.2) is 0 Å². The molecule has 2 heteroatoms. The van der Waals surface area contributed by atoms with Crippen molar-refractivity contribution >= 4 is 11.3 Å². The Balaban J connectivity index is 1.57. The molecular weight excluding hydrogens is 252 g/mol. The van der Waals surface area contributed by atoms with Crippen LogP contribution < -0.4 is 0 Å². The largest absolute Gasteiger partial charge is 0.375 e. The Morgan fingerprint density at radius 2 is 1.79 bits per heavy atom. The summed E-state index contributed by atoms with van der Waals surface area (Å²) in [7, 11) is 0. The summed E-state index contributed by atoms with van der Waals surface area (Å²) < 4.78 is 0. The van der Waals surface area contributed by atoms with Gasteiger partial charge >= 0.3 is 0 Å². The first kappa shape index (κ1) is 12.0. The molecule has 1 heterocycles. The molecule has 1 aromatic heterocycles. The molecular formula is C17H20OS. The summed E-state index contributed by atoms with van der Waals surface area (Å²) in [6, 6.07) is 3.96. The minimum Gasteiger partial charge on any atom is -0.375 e. The van der Waals surface area contributed by atoms with Crippen molar-refractivity contribution in [3.8, 4) is 11.8 Å². The fourth-order valence-corrected chi connectivity index (χ4v) is 5.66. The summed E-state index contributed by atoms with van der Waals surface area (Å²) in [6.07, 6.45) is 7.67. The van der Waals surface area contributed by atoms with Gasteiger partial charge in [-0.3, -0.25) is 0 Å². The number of aliphatic hydroxyl groups excluding tert-OH is 1. The van der Waals surface area contributed by atoms with E-state index in [4.69, 9.17) is 0 Å². The maximum Gasteiger partial charge on any atom is 0.149 e. The summed E-state index contributed by atoms with van der Waals surface area (Å²) in [4.78, 5) is 0.984. The van der Waals surface area contributed by atoms with E-state index in [0.29, 0.717) is 0 Å². The summed E-state index contributed by atoms with van der Waals surface area (Å²) in [5.74, 6) is 9.47. The van der Waals surface area contributed by atoms with E-state index in [2.05, 4.69) is 11.8 Å². The average Bonchev–Trinajstić information content (AvgIpc) is 2.88. The van der Waals surface area contributed by atoms with E-state index in [1.807, 2.05) is 17.5 Å². The predicted octanol–water partition coefficient (Wildman–Crippen LogP) is 4.00. The molecule has 4 saturated carbocycles. The van der Waals surface area contributed by atoms with Gasteiger partial charge in [0, 0.05) is 10.3 Å². The number of hydrogen-bond donors (Lipinski definition) is 1. The molecule has 19 heavy (non-hydrogen) atoms. The van der Waals surface area contributed by atoms with E-state index in [0.717, 1.165) is 22.6 Å². The van der Waals surface area contributed by atoms with Gasteiger partial charge in [0.2, 0.25) is 0 Å². The topological polar surface area (TPSA) is 20.2 Å². The first-order valence-electron chi connectivity index (χ1n) is 7.47. The van der Waals surface area contributed by atoms with E-state index >= 15 is 0 Å². The smallest absolute Gasteiger partial charge is 0.149 e. The molecule has 0 radical (unpaired) electrons. The Bertz CT molecular complexity index is 484. The standard InChI is InChI=1S/C17H20OS/c18-15(16-2-1-5-19-16)3-4-17-9-12-6-13(10-17)8-14(7-12)11-17/h1-2,5,12-15,18H,6-11H2/t12?,13?,14?,15-,17?/m0/s1. The van der Waals surface area contributed by atoms with Gasteiger partial charge in [0.15, 0.2) is 0 Å². The highest BCUT2D eigenvalue weighted by Gasteiger charge is 2.50. The Hall–Kier alpha value is -0.780. The summed E-state index contributed by atoms with van der Waals surface area (Å²) in [5, 5.41) is 12.2. The van der Waals surface area contributed by atoms with Crippen LogP contribution in [0.5, 0.6) is 0 Å². The zero-order valence-corrected chi connectivity index (χ0v) is 12.0. The minimum atomic E-state index is -0.576. The maximum absolute atomic E-state index is 10.1. The molecule has 5 rings (SSSR count). The first-order chi connectivity index (χ1) is 9.22. The van der Waals surface area contributed by atoms with Crippen molar-refractivity contribution in [2.24, 2.45) is 23.2 Å². The van der Waals surface area contributed by atoms with Crippen molar-refractivity contribution in [2.75, 3.05) is 0 Å². The lowest BCUT2D eigenvalue weighted by Crippen LogP contribution is -2.45. The van der Waals surface area contributed by atoms with Crippen LogP contribution in [0.4, 0.5) is 0 Å². The first-order valence-corrected chi connectivity index (χ1v) is 8.35. The molecule has 4 bridgehead atoms. The number of hydrogen-bond acceptors (Lipinski definition) is 2. The zero-order valence-electron chi connectivity index (χ0n) is 11.1. The molecule has 4 aliphatic carbocycles. The van der Waals surface area contributed by atoms with Crippen LogP contribution in [0.2, 0.25) is 0 Å². The molecule has 1 N–H and O–H groups in total. The van der Waals surface area contributed by atoms with E-state index in [-0.39, 0.29) is 5.41 Å². The van der Waals surface area contributed by atoms with Crippen LogP contribution in [0.3, 0.4) is 0 Å². The normalized spacial score (nSPS) is 40.8. The van der Waals surface area contributed by atoms with Gasteiger partial charge in [-0.2, -0.15) is 0 Å². The Morgan fingerprint density at radius 1 is 1.16 bits per heavy atom. The zero-order chi connectivity index (χ0) is 12.9. The lowest BCUT2D eigenvalue weighted by Gasteiger charge is -2.54. The van der Waals surface area contributed by atoms with Crippen LogP contribution >= 0.6 is 11.3 Å². The lowest BCUT2D eigenvalue weighted by molar-refractivity contribution is -0.0183. The molecule has 100 valence electrons.